The van der Waals surface area contributed by atoms with E-state index in [1.165, 1.54) is 0 Å². The third-order valence-electron chi connectivity index (χ3n) is 5.97. The summed E-state index contributed by atoms with van der Waals surface area (Å²) in [7, 11) is 0. The topological polar surface area (TPSA) is 79.6 Å². The highest BCUT2D eigenvalue weighted by molar-refractivity contribution is 6.07. The van der Waals surface area contributed by atoms with Gasteiger partial charge in [-0.2, -0.15) is 10.2 Å². The number of hydrogen-bond donors (Lipinski definition) is 1. The van der Waals surface area contributed by atoms with Gasteiger partial charge in [0.2, 0.25) is 0 Å². The zero-order chi connectivity index (χ0) is 21.3. The lowest BCUT2D eigenvalue weighted by Crippen LogP contribution is -2.48. The minimum atomic E-state index is -0.789. The molecule has 5 rings (SSSR count). The molecule has 156 valence electrons. The Kier molecular flexibility index (Phi) is 4.86. The van der Waals surface area contributed by atoms with Gasteiger partial charge < -0.3 is 5.32 Å². The van der Waals surface area contributed by atoms with Gasteiger partial charge in [-0.1, -0.05) is 67.8 Å². The molecule has 1 N–H and O–H groups in total. The Morgan fingerprint density at radius 3 is 2.32 bits per heavy atom. The molecule has 1 aliphatic heterocycles. The number of aromatic nitrogens is 2. The molecule has 0 unspecified atom stereocenters. The summed E-state index contributed by atoms with van der Waals surface area (Å²) < 4.78 is 1.78. The van der Waals surface area contributed by atoms with E-state index in [0.717, 1.165) is 46.8 Å². The van der Waals surface area contributed by atoms with E-state index >= 15 is 0 Å². The van der Waals surface area contributed by atoms with Gasteiger partial charge in [-0.15, -0.1) is 5.01 Å². The number of carbonyl (C=O) groups excluding carboxylic acids is 2. The number of urea groups is 1. The largest absolute Gasteiger partial charge is 0.346 e. The molecule has 1 spiro atoms. The molecule has 2 aliphatic rings. The van der Waals surface area contributed by atoms with Gasteiger partial charge in [0.15, 0.2) is 0 Å². The SMILES string of the molecule is O=C1NC2(CCCCC2)C(=O)N1N=Cc1cn(-c2ccccc2)nc1-c1ccccc1. The maximum Gasteiger partial charge on any atom is 0.346 e. The molecule has 7 heteroatoms. The molecule has 3 aromatic rings. The standard InChI is InChI=1S/C24H23N5O2/c30-22-24(14-8-3-9-15-24)26-23(31)29(22)25-16-19-17-28(20-12-6-2-7-13-20)27-21(19)18-10-4-1-5-11-18/h1-2,4-7,10-13,16-17H,3,8-9,14-15H2,(H,26,31). The van der Waals surface area contributed by atoms with Crippen LogP contribution in [0.5, 0.6) is 0 Å². The van der Waals surface area contributed by atoms with Gasteiger partial charge in [0, 0.05) is 17.3 Å². The highest BCUT2D eigenvalue weighted by Crippen LogP contribution is 2.34. The van der Waals surface area contributed by atoms with Gasteiger partial charge >= 0.3 is 6.03 Å². The molecule has 2 heterocycles. The van der Waals surface area contributed by atoms with Crippen molar-refractivity contribution in [2.45, 2.75) is 37.6 Å². The van der Waals surface area contributed by atoms with Gasteiger partial charge in [-0.05, 0) is 25.0 Å². The molecule has 2 aromatic carbocycles. The van der Waals surface area contributed by atoms with Crippen molar-refractivity contribution < 1.29 is 9.59 Å². The zero-order valence-corrected chi connectivity index (χ0v) is 17.1. The van der Waals surface area contributed by atoms with Crippen molar-refractivity contribution in [1.82, 2.24) is 20.1 Å². The summed E-state index contributed by atoms with van der Waals surface area (Å²) in [6.45, 7) is 0. The molecule has 1 aromatic heterocycles. The lowest BCUT2D eigenvalue weighted by atomic mass is 9.82. The number of hydrogen-bond acceptors (Lipinski definition) is 4. The number of hydrazone groups is 1. The minimum Gasteiger partial charge on any atom is -0.321 e. The van der Waals surface area contributed by atoms with Gasteiger partial charge in [-0.25, -0.2) is 9.48 Å². The van der Waals surface area contributed by atoms with Crippen LogP contribution in [0.3, 0.4) is 0 Å². The third-order valence-corrected chi connectivity index (χ3v) is 5.97. The Hall–Kier alpha value is -3.74. The number of para-hydroxylation sites is 1. The van der Waals surface area contributed by atoms with Crippen molar-refractivity contribution in [3.8, 4) is 16.9 Å². The Morgan fingerprint density at radius 1 is 0.935 bits per heavy atom. The monoisotopic (exact) mass is 413 g/mol. The second-order valence-corrected chi connectivity index (χ2v) is 8.01. The van der Waals surface area contributed by atoms with Crippen molar-refractivity contribution in [3.63, 3.8) is 0 Å². The summed E-state index contributed by atoms with van der Waals surface area (Å²) in [5.41, 5.74) is 2.51. The predicted molar refractivity (Wildman–Crippen MR) is 118 cm³/mol. The molecule has 0 radical (unpaired) electrons. The molecule has 1 saturated heterocycles. The van der Waals surface area contributed by atoms with E-state index in [-0.39, 0.29) is 5.91 Å². The van der Waals surface area contributed by atoms with Gasteiger partial charge in [-0.3, -0.25) is 4.79 Å². The summed E-state index contributed by atoms with van der Waals surface area (Å²) in [5, 5.41) is 12.9. The Labute approximate surface area is 180 Å². The van der Waals surface area contributed by atoms with Gasteiger partial charge in [0.1, 0.15) is 11.2 Å². The van der Waals surface area contributed by atoms with Crippen LogP contribution in [-0.2, 0) is 4.79 Å². The zero-order valence-electron chi connectivity index (χ0n) is 17.1. The maximum atomic E-state index is 13.0. The summed E-state index contributed by atoms with van der Waals surface area (Å²) in [5.74, 6) is -0.259. The van der Waals surface area contributed by atoms with Gasteiger partial charge in [0.05, 0.1) is 11.9 Å². The maximum absolute atomic E-state index is 13.0. The minimum absolute atomic E-state index is 0.259. The second-order valence-electron chi connectivity index (χ2n) is 8.01. The van der Waals surface area contributed by atoms with E-state index in [2.05, 4.69) is 10.4 Å². The molecular formula is C24H23N5O2. The average Bonchev–Trinajstić information content (AvgIpc) is 3.33. The fourth-order valence-electron chi connectivity index (χ4n) is 4.34. The van der Waals surface area contributed by atoms with Crippen LogP contribution in [0.2, 0.25) is 0 Å². The van der Waals surface area contributed by atoms with E-state index in [9.17, 15) is 9.59 Å². The van der Waals surface area contributed by atoms with Crippen LogP contribution in [0.1, 0.15) is 37.7 Å². The van der Waals surface area contributed by atoms with Crippen molar-refractivity contribution in [1.29, 1.82) is 0 Å². The Bertz CT molecular complexity index is 1130. The quantitative estimate of drug-likeness (QED) is 0.516. The van der Waals surface area contributed by atoms with Crippen molar-refractivity contribution in [2.75, 3.05) is 0 Å². The number of nitrogens with one attached hydrogen (secondary N) is 1. The summed E-state index contributed by atoms with van der Waals surface area (Å²) in [6, 6.07) is 19.1. The van der Waals surface area contributed by atoms with Crippen LogP contribution in [0, 0.1) is 0 Å². The van der Waals surface area contributed by atoms with Crippen LogP contribution in [0.15, 0.2) is 72.0 Å². The number of imide groups is 1. The fourth-order valence-corrected chi connectivity index (χ4v) is 4.34. The van der Waals surface area contributed by atoms with Crippen molar-refractivity contribution in [3.05, 3.63) is 72.4 Å². The van der Waals surface area contributed by atoms with Crippen LogP contribution < -0.4 is 5.32 Å². The lowest BCUT2D eigenvalue weighted by Gasteiger charge is -2.29. The first kappa shape index (κ1) is 19.2. The van der Waals surface area contributed by atoms with Crippen molar-refractivity contribution in [2.24, 2.45) is 5.10 Å². The first-order valence-corrected chi connectivity index (χ1v) is 10.6. The molecule has 0 atom stereocenters. The molecule has 1 saturated carbocycles. The fraction of sp³-hybridized carbons (Fsp3) is 0.250. The molecule has 7 nitrogen and oxygen atoms in total. The third kappa shape index (κ3) is 3.52. The van der Waals surface area contributed by atoms with E-state index in [1.807, 2.05) is 66.9 Å². The summed E-state index contributed by atoms with van der Waals surface area (Å²) in [6.07, 6.45) is 7.71. The average molecular weight is 413 g/mol. The molecule has 31 heavy (non-hydrogen) atoms. The molecule has 1 aliphatic carbocycles. The molecular weight excluding hydrogens is 390 g/mol. The number of benzene rings is 2. The van der Waals surface area contributed by atoms with Crippen molar-refractivity contribution >= 4 is 18.2 Å². The Balaban J connectivity index is 1.49. The predicted octanol–water partition coefficient (Wildman–Crippen LogP) is 4.13. The van der Waals surface area contributed by atoms with E-state index in [1.54, 1.807) is 10.9 Å². The van der Waals surface area contributed by atoms with Crippen LogP contribution >= 0.6 is 0 Å². The Morgan fingerprint density at radius 2 is 1.61 bits per heavy atom. The smallest absolute Gasteiger partial charge is 0.321 e. The van der Waals surface area contributed by atoms with Crippen LogP contribution in [0.25, 0.3) is 16.9 Å². The lowest BCUT2D eigenvalue weighted by molar-refractivity contribution is -0.132. The molecule has 2 fully saturated rings. The summed E-state index contributed by atoms with van der Waals surface area (Å²) >= 11 is 0. The number of rotatable bonds is 4. The van der Waals surface area contributed by atoms with E-state index < -0.39 is 11.6 Å². The normalized spacial score (nSPS) is 18.1. The van der Waals surface area contributed by atoms with Crippen LogP contribution in [-0.4, -0.2) is 38.5 Å². The highest BCUT2D eigenvalue weighted by Gasteiger charge is 2.51. The first-order chi connectivity index (χ1) is 15.2. The van der Waals surface area contributed by atoms with Gasteiger partial charge in [0.25, 0.3) is 5.91 Å². The first-order valence-electron chi connectivity index (χ1n) is 10.6. The molecule has 3 amide bonds. The molecule has 0 bridgehead atoms. The van der Waals surface area contributed by atoms with E-state index in [4.69, 9.17) is 5.10 Å². The second kappa shape index (κ2) is 7.83. The number of amides is 3. The van der Waals surface area contributed by atoms with E-state index in [0.29, 0.717) is 12.8 Å². The number of carbonyl (C=O) groups is 2. The summed E-state index contributed by atoms with van der Waals surface area (Å²) in [4.78, 5) is 25.5. The van der Waals surface area contributed by atoms with Crippen LogP contribution in [0.4, 0.5) is 4.79 Å². The number of nitrogens with zero attached hydrogens (tertiary/aromatic N) is 4. The highest BCUT2D eigenvalue weighted by atomic mass is 16.2.